The fourth-order valence-corrected chi connectivity index (χ4v) is 2.52. The molecule has 0 aliphatic carbocycles. The molecule has 3 N–H and O–H groups in total. The monoisotopic (exact) mass is 285 g/mol. The molecular weight excluding hydrogens is 270 g/mol. The van der Waals surface area contributed by atoms with Gasteiger partial charge in [0.25, 0.3) is 0 Å². The molecule has 0 aromatic carbocycles. The second-order valence-corrected chi connectivity index (χ2v) is 4.67. The highest BCUT2D eigenvalue weighted by atomic mass is 16.5. The molecule has 2 aliphatic rings. The maximum Gasteiger partial charge on any atom is 0.325 e. The molecule has 0 spiro atoms. The lowest BCUT2D eigenvalue weighted by molar-refractivity contribution is -0.157. The Kier molecular flexibility index (Phi) is 3.89. The molecule has 9 nitrogen and oxygen atoms in total. The third kappa shape index (κ3) is 2.44. The van der Waals surface area contributed by atoms with Crippen LogP contribution in [0.15, 0.2) is 0 Å². The van der Waals surface area contributed by atoms with Crippen molar-refractivity contribution >= 4 is 23.8 Å². The van der Waals surface area contributed by atoms with Gasteiger partial charge in [-0.15, -0.1) is 0 Å². The van der Waals surface area contributed by atoms with Crippen LogP contribution in [0.1, 0.15) is 6.42 Å². The Hall–Kier alpha value is -2.16. The summed E-state index contributed by atoms with van der Waals surface area (Å²) in [5.74, 6) is -4.55. The van der Waals surface area contributed by atoms with E-state index < -0.39 is 41.8 Å². The summed E-state index contributed by atoms with van der Waals surface area (Å²) < 4.78 is 4.86. The number of ether oxygens (including phenoxy) is 1. The zero-order valence-electron chi connectivity index (χ0n) is 10.8. The molecule has 2 rings (SSSR count). The quantitative estimate of drug-likeness (QED) is 0.568. The Morgan fingerprint density at radius 2 is 2.15 bits per heavy atom. The summed E-state index contributed by atoms with van der Waals surface area (Å²) in [4.78, 5) is 47.7. The molecule has 20 heavy (non-hydrogen) atoms. The fourth-order valence-electron chi connectivity index (χ4n) is 2.52. The van der Waals surface area contributed by atoms with Crippen LogP contribution in [-0.2, 0) is 19.1 Å². The second kappa shape index (κ2) is 5.45. The summed E-state index contributed by atoms with van der Waals surface area (Å²) in [5.41, 5.74) is 0. The second-order valence-electron chi connectivity index (χ2n) is 4.67. The average molecular weight is 285 g/mol. The molecule has 0 saturated carbocycles. The van der Waals surface area contributed by atoms with Gasteiger partial charge >= 0.3 is 12.0 Å². The molecule has 4 amide bonds. The van der Waals surface area contributed by atoms with Crippen LogP contribution in [0, 0.1) is 11.8 Å². The molecule has 3 atom stereocenters. The predicted molar refractivity (Wildman–Crippen MR) is 63.3 cm³/mol. The highest BCUT2D eigenvalue weighted by Crippen LogP contribution is 2.29. The third-order valence-corrected chi connectivity index (χ3v) is 3.47. The van der Waals surface area contributed by atoms with E-state index in [-0.39, 0.29) is 19.6 Å². The van der Waals surface area contributed by atoms with Gasteiger partial charge in [0.2, 0.25) is 11.8 Å². The molecule has 2 aliphatic heterocycles. The van der Waals surface area contributed by atoms with Crippen LogP contribution in [0.3, 0.4) is 0 Å². The summed E-state index contributed by atoms with van der Waals surface area (Å²) in [6, 6.07) is -0.667. The van der Waals surface area contributed by atoms with Crippen LogP contribution in [0.25, 0.3) is 0 Å². The number of nitrogens with one attached hydrogen (secondary N) is 2. The molecule has 9 heteroatoms. The Labute approximate surface area is 114 Å². The minimum Gasteiger partial charge on any atom is -0.481 e. The number of hydrogen-bond acceptors (Lipinski definition) is 5. The van der Waals surface area contributed by atoms with Gasteiger partial charge in [-0.05, 0) is 0 Å². The van der Waals surface area contributed by atoms with Crippen molar-refractivity contribution < 1.29 is 29.0 Å². The molecule has 2 heterocycles. The first-order valence-corrected chi connectivity index (χ1v) is 6.08. The summed E-state index contributed by atoms with van der Waals surface area (Å²) in [7, 11) is 1.45. The first kappa shape index (κ1) is 14.3. The van der Waals surface area contributed by atoms with Gasteiger partial charge in [-0.25, -0.2) is 4.79 Å². The molecule has 2 fully saturated rings. The number of urea groups is 1. The van der Waals surface area contributed by atoms with E-state index in [9.17, 15) is 19.2 Å². The zero-order chi connectivity index (χ0) is 14.9. The number of carboxylic acids is 1. The zero-order valence-corrected chi connectivity index (χ0v) is 10.8. The van der Waals surface area contributed by atoms with E-state index in [1.54, 1.807) is 0 Å². The molecule has 0 bridgehead atoms. The maximum atomic E-state index is 11.9. The number of fused-ring (bicyclic) bond motifs is 1. The Balaban J connectivity index is 2.29. The number of imide groups is 1. The Morgan fingerprint density at radius 3 is 2.75 bits per heavy atom. The Bertz CT molecular complexity index is 465. The van der Waals surface area contributed by atoms with Crippen LogP contribution >= 0.6 is 0 Å². The van der Waals surface area contributed by atoms with E-state index in [4.69, 9.17) is 9.84 Å². The number of hydrogen-bond donors (Lipinski definition) is 3. The SMILES string of the molecule is COCCN1C(=O)NC(=O)C2C(C(=O)O)CC(=O)NC21. The van der Waals surface area contributed by atoms with E-state index in [1.165, 1.54) is 12.0 Å². The molecule has 3 unspecified atom stereocenters. The summed E-state index contributed by atoms with van der Waals surface area (Å²) in [6.45, 7) is 0.349. The number of carbonyl (C=O) groups excluding carboxylic acids is 3. The summed E-state index contributed by atoms with van der Waals surface area (Å²) >= 11 is 0. The molecule has 0 aromatic heterocycles. The standard InChI is InChI=1S/C11H15N3O6/c1-20-3-2-14-8-7(9(16)13-11(14)19)5(10(17)18)4-6(15)12-8/h5,7-8H,2-4H2,1H3,(H,12,15)(H,17,18)(H,13,16,19). The van der Waals surface area contributed by atoms with Gasteiger partial charge in [-0.2, -0.15) is 0 Å². The number of carboxylic acid groups (broad SMARTS) is 1. The van der Waals surface area contributed by atoms with Crippen molar-refractivity contribution in [2.75, 3.05) is 20.3 Å². The fraction of sp³-hybridized carbons (Fsp3) is 0.636. The van der Waals surface area contributed by atoms with Gasteiger partial charge in [0.15, 0.2) is 0 Å². The van der Waals surface area contributed by atoms with Crippen molar-refractivity contribution in [3.05, 3.63) is 0 Å². The topological polar surface area (TPSA) is 125 Å². The lowest BCUT2D eigenvalue weighted by Crippen LogP contribution is -2.70. The van der Waals surface area contributed by atoms with E-state index >= 15 is 0 Å². The van der Waals surface area contributed by atoms with Gasteiger partial charge in [-0.3, -0.25) is 19.7 Å². The van der Waals surface area contributed by atoms with Crippen LogP contribution in [-0.4, -0.2) is 60.2 Å². The Morgan fingerprint density at radius 1 is 1.45 bits per heavy atom. The smallest absolute Gasteiger partial charge is 0.325 e. The number of piperidine rings is 1. The van der Waals surface area contributed by atoms with Crippen molar-refractivity contribution in [1.82, 2.24) is 15.5 Å². The van der Waals surface area contributed by atoms with Crippen LogP contribution < -0.4 is 10.6 Å². The van der Waals surface area contributed by atoms with Crippen molar-refractivity contribution in [2.24, 2.45) is 11.8 Å². The largest absolute Gasteiger partial charge is 0.481 e. The van der Waals surface area contributed by atoms with E-state index in [1.807, 2.05) is 0 Å². The van der Waals surface area contributed by atoms with Crippen molar-refractivity contribution in [3.8, 4) is 0 Å². The highest BCUT2D eigenvalue weighted by Gasteiger charge is 2.51. The van der Waals surface area contributed by atoms with Crippen molar-refractivity contribution in [2.45, 2.75) is 12.6 Å². The van der Waals surface area contributed by atoms with Crippen molar-refractivity contribution in [3.63, 3.8) is 0 Å². The van der Waals surface area contributed by atoms with E-state index in [0.29, 0.717) is 0 Å². The minimum absolute atomic E-state index is 0.142. The average Bonchev–Trinajstić information content (AvgIpc) is 2.37. The molecule has 110 valence electrons. The number of amides is 4. The molecule has 2 saturated heterocycles. The summed E-state index contributed by atoms with van der Waals surface area (Å²) in [6.07, 6.45) is -1.23. The van der Waals surface area contributed by atoms with E-state index in [2.05, 4.69) is 10.6 Å². The van der Waals surface area contributed by atoms with Crippen LogP contribution in [0.4, 0.5) is 4.79 Å². The van der Waals surface area contributed by atoms with E-state index in [0.717, 1.165) is 0 Å². The van der Waals surface area contributed by atoms with Crippen molar-refractivity contribution in [1.29, 1.82) is 0 Å². The first-order chi connectivity index (χ1) is 9.45. The van der Waals surface area contributed by atoms with Gasteiger partial charge in [0, 0.05) is 20.1 Å². The van der Waals surface area contributed by atoms with Gasteiger partial charge in [0.1, 0.15) is 6.17 Å². The highest BCUT2D eigenvalue weighted by molar-refractivity contribution is 6.02. The number of nitrogens with zero attached hydrogens (tertiary/aromatic N) is 1. The number of carbonyl (C=O) groups is 4. The van der Waals surface area contributed by atoms with Crippen LogP contribution in [0.2, 0.25) is 0 Å². The van der Waals surface area contributed by atoms with Gasteiger partial charge < -0.3 is 20.1 Å². The third-order valence-electron chi connectivity index (χ3n) is 3.47. The molecule has 0 aromatic rings. The predicted octanol–water partition coefficient (Wildman–Crippen LogP) is -1.65. The van der Waals surface area contributed by atoms with Gasteiger partial charge in [-0.1, -0.05) is 0 Å². The molecular formula is C11H15N3O6. The molecule has 0 radical (unpaired) electrons. The minimum atomic E-state index is -1.23. The van der Waals surface area contributed by atoms with Crippen LogP contribution in [0.5, 0.6) is 0 Å². The normalized spacial score (nSPS) is 29.6. The first-order valence-electron chi connectivity index (χ1n) is 6.08. The number of aliphatic carboxylic acids is 1. The lowest BCUT2D eigenvalue weighted by Gasteiger charge is -2.44. The lowest BCUT2D eigenvalue weighted by atomic mass is 9.81. The number of rotatable bonds is 4. The summed E-state index contributed by atoms with van der Waals surface area (Å²) in [5, 5.41) is 13.8. The number of methoxy groups -OCH3 is 1. The maximum absolute atomic E-state index is 11.9. The van der Waals surface area contributed by atoms with Gasteiger partial charge in [0.05, 0.1) is 18.4 Å².